The fourth-order valence-electron chi connectivity index (χ4n) is 3.66. The van der Waals surface area contributed by atoms with Crippen LogP contribution in [-0.4, -0.2) is 29.2 Å². The van der Waals surface area contributed by atoms with Gasteiger partial charge in [-0.2, -0.15) is 0 Å². The Kier molecular flexibility index (Phi) is 7.62. The first-order valence-electron chi connectivity index (χ1n) is 10.9. The molecule has 0 saturated heterocycles. The van der Waals surface area contributed by atoms with Crippen LogP contribution in [0.15, 0.2) is 77.3 Å². The lowest BCUT2D eigenvalue weighted by Crippen LogP contribution is -2.24. The third-order valence-electron chi connectivity index (χ3n) is 5.35. The Bertz CT molecular complexity index is 1220. The molecule has 0 aliphatic carbocycles. The summed E-state index contributed by atoms with van der Waals surface area (Å²) in [4.78, 5) is 17.3. The first-order valence-corrected chi connectivity index (χ1v) is 11.7. The zero-order valence-corrected chi connectivity index (χ0v) is 20.0. The van der Waals surface area contributed by atoms with E-state index in [0.717, 1.165) is 52.2 Å². The summed E-state index contributed by atoms with van der Waals surface area (Å²) in [7, 11) is 1.64. The molecule has 0 aliphatic rings. The molecule has 3 aromatic carbocycles. The molecule has 0 aliphatic heterocycles. The van der Waals surface area contributed by atoms with E-state index >= 15 is 0 Å². The summed E-state index contributed by atoms with van der Waals surface area (Å²) in [5.74, 6) is 2.21. The third kappa shape index (κ3) is 5.73. The van der Waals surface area contributed by atoms with Crippen molar-refractivity contribution in [3.8, 4) is 11.5 Å². The molecular weight excluding hydrogens is 482 g/mol. The van der Waals surface area contributed by atoms with E-state index in [2.05, 4.69) is 31.9 Å². The number of hydrogen-bond donors (Lipinski definition) is 1. The van der Waals surface area contributed by atoms with Gasteiger partial charge in [0.1, 0.15) is 5.82 Å². The van der Waals surface area contributed by atoms with Crippen LogP contribution in [0.4, 0.5) is 0 Å². The maximum Gasteiger partial charge on any atom is 0.251 e. The van der Waals surface area contributed by atoms with Crippen LogP contribution in [0.3, 0.4) is 0 Å². The predicted molar refractivity (Wildman–Crippen MR) is 133 cm³/mol. The van der Waals surface area contributed by atoms with Crippen molar-refractivity contribution < 1.29 is 14.3 Å². The smallest absolute Gasteiger partial charge is 0.251 e. The number of unbranched alkanes of at least 4 members (excludes halogenated alkanes) is 1. The highest BCUT2D eigenvalue weighted by Gasteiger charge is 2.12. The van der Waals surface area contributed by atoms with Crippen LogP contribution in [0.1, 0.15) is 29.0 Å². The Labute approximate surface area is 201 Å². The minimum absolute atomic E-state index is 0.119. The van der Waals surface area contributed by atoms with Crippen molar-refractivity contribution in [2.75, 3.05) is 13.7 Å². The number of imidazole rings is 1. The van der Waals surface area contributed by atoms with Gasteiger partial charge in [-0.3, -0.25) is 4.79 Å². The van der Waals surface area contributed by atoms with Crippen molar-refractivity contribution in [1.29, 1.82) is 0 Å². The number of para-hydroxylation sites is 4. The van der Waals surface area contributed by atoms with E-state index < -0.39 is 0 Å². The van der Waals surface area contributed by atoms with E-state index in [1.165, 1.54) is 0 Å². The molecule has 1 heterocycles. The van der Waals surface area contributed by atoms with Crippen molar-refractivity contribution in [1.82, 2.24) is 14.9 Å². The van der Waals surface area contributed by atoms with Gasteiger partial charge in [-0.15, -0.1) is 0 Å². The summed E-state index contributed by atoms with van der Waals surface area (Å²) in [5, 5.41) is 3.00. The number of aryl methyl sites for hydroxylation is 1. The monoisotopic (exact) mass is 507 g/mol. The zero-order valence-electron chi connectivity index (χ0n) is 18.5. The van der Waals surface area contributed by atoms with Crippen LogP contribution in [0.5, 0.6) is 11.5 Å². The molecule has 4 aromatic rings. The second kappa shape index (κ2) is 11.0. The van der Waals surface area contributed by atoms with E-state index in [4.69, 9.17) is 14.5 Å². The number of hydrogen-bond acceptors (Lipinski definition) is 4. The lowest BCUT2D eigenvalue weighted by atomic mass is 10.2. The second-order valence-corrected chi connectivity index (χ2v) is 8.48. The Morgan fingerprint density at radius 2 is 1.70 bits per heavy atom. The standard InChI is InChI=1S/C26H26BrN3O3/c1-32-23-10-4-5-11-24(23)33-17-7-6-16-30-22-9-3-2-8-21(22)29-25(30)18-28-26(31)19-12-14-20(27)15-13-19/h2-5,8-15H,6-7,16-18H2,1H3,(H,28,31). The number of nitrogens with zero attached hydrogens (tertiary/aromatic N) is 2. The quantitative estimate of drug-likeness (QED) is 0.284. The SMILES string of the molecule is COc1ccccc1OCCCCn1c(CNC(=O)c2ccc(Br)cc2)nc2ccccc21. The van der Waals surface area contributed by atoms with Gasteiger partial charge < -0.3 is 19.4 Å². The molecule has 170 valence electrons. The number of benzene rings is 3. The molecule has 1 aromatic heterocycles. The highest BCUT2D eigenvalue weighted by atomic mass is 79.9. The van der Waals surface area contributed by atoms with E-state index in [9.17, 15) is 4.79 Å². The van der Waals surface area contributed by atoms with Gasteiger partial charge in [0, 0.05) is 16.6 Å². The average molecular weight is 508 g/mol. The zero-order chi connectivity index (χ0) is 23.0. The van der Waals surface area contributed by atoms with Gasteiger partial charge in [0.15, 0.2) is 11.5 Å². The van der Waals surface area contributed by atoms with Crippen molar-refractivity contribution in [3.05, 3.63) is 88.7 Å². The van der Waals surface area contributed by atoms with Crippen molar-refractivity contribution in [3.63, 3.8) is 0 Å². The van der Waals surface area contributed by atoms with Crippen molar-refractivity contribution in [2.24, 2.45) is 0 Å². The van der Waals surface area contributed by atoms with E-state index in [0.29, 0.717) is 18.7 Å². The molecule has 4 rings (SSSR count). The summed E-state index contributed by atoms with van der Waals surface area (Å²) in [6, 6.07) is 23.0. The number of nitrogens with one attached hydrogen (secondary N) is 1. The normalized spacial score (nSPS) is 10.8. The number of halogens is 1. The van der Waals surface area contributed by atoms with E-state index in [1.807, 2.05) is 54.6 Å². The second-order valence-electron chi connectivity index (χ2n) is 7.56. The minimum atomic E-state index is -0.119. The first-order chi connectivity index (χ1) is 16.2. The van der Waals surface area contributed by atoms with E-state index in [1.54, 1.807) is 19.2 Å². The summed E-state index contributed by atoms with van der Waals surface area (Å²) in [5.41, 5.74) is 2.61. The molecular formula is C26H26BrN3O3. The number of ether oxygens (including phenoxy) is 2. The van der Waals surface area contributed by atoms with Crippen LogP contribution >= 0.6 is 15.9 Å². The van der Waals surface area contributed by atoms with Gasteiger partial charge in [-0.25, -0.2) is 4.98 Å². The largest absolute Gasteiger partial charge is 0.493 e. The Morgan fingerprint density at radius 1 is 0.970 bits per heavy atom. The summed E-state index contributed by atoms with van der Waals surface area (Å²) in [6.07, 6.45) is 1.80. The summed E-state index contributed by atoms with van der Waals surface area (Å²) in [6.45, 7) is 1.75. The number of methoxy groups -OCH3 is 1. The molecule has 0 atom stereocenters. The molecule has 1 amide bonds. The fraction of sp³-hybridized carbons (Fsp3) is 0.231. The van der Waals surface area contributed by atoms with Crippen LogP contribution in [0.25, 0.3) is 11.0 Å². The Hall–Kier alpha value is -3.32. The van der Waals surface area contributed by atoms with Crippen LogP contribution < -0.4 is 14.8 Å². The van der Waals surface area contributed by atoms with Gasteiger partial charge in [0.05, 0.1) is 31.3 Å². The van der Waals surface area contributed by atoms with Gasteiger partial charge in [-0.1, -0.05) is 40.2 Å². The van der Waals surface area contributed by atoms with Crippen LogP contribution in [0, 0.1) is 0 Å². The topological polar surface area (TPSA) is 65.4 Å². The number of carbonyl (C=O) groups is 1. The highest BCUT2D eigenvalue weighted by Crippen LogP contribution is 2.26. The molecule has 33 heavy (non-hydrogen) atoms. The van der Waals surface area contributed by atoms with E-state index in [-0.39, 0.29) is 5.91 Å². The lowest BCUT2D eigenvalue weighted by molar-refractivity contribution is 0.0949. The molecule has 0 radical (unpaired) electrons. The fourth-order valence-corrected chi connectivity index (χ4v) is 3.93. The average Bonchev–Trinajstić information content (AvgIpc) is 3.20. The minimum Gasteiger partial charge on any atom is -0.493 e. The first kappa shape index (κ1) is 22.9. The lowest BCUT2D eigenvalue weighted by Gasteiger charge is -2.12. The van der Waals surface area contributed by atoms with Gasteiger partial charge in [0.2, 0.25) is 0 Å². The number of aromatic nitrogens is 2. The Morgan fingerprint density at radius 3 is 2.48 bits per heavy atom. The van der Waals surface area contributed by atoms with Gasteiger partial charge in [-0.05, 0) is 61.4 Å². The molecule has 7 heteroatoms. The summed E-state index contributed by atoms with van der Waals surface area (Å²) < 4.78 is 14.3. The molecule has 0 spiro atoms. The van der Waals surface area contributed by atoms with Crippen LogP contribution in [0.2, 0.25) is 0 Å². The molecule has 0 saturated carbocycles. The number of fused-ring (bicyclic) bond motifs is 1. The maximum absolute atomic E-state index is 12.6. The third-order valence-corrected chi connectivity index (χ3v) is 5.88. The molecule has 1 N–H and O–H groups in total. The maximum atomic E-state index is 12.6. The number of carbonyl (C=O) groups excluding carboxylic acids is 1. The van der Waals surface area contributed by atoms with Gasteiger partial charge >= 0.3 is 0 Å². The Balaban J connectivity index is 1.37. The molecule has 0 fully saturated rings. The van der Waals surface area contributed by atoms with Crippen molar-refractivity contribution in [2.45, 2.75) is 25.9 Å². The number of rotatable bonds is 10. The summed E-state index contributed by atoms with van der Waals surface area (Å²) >= 11 is 3.39. The van der Waals surface area contributed by atoms with Crippen LogP contribution in [-0.2, 0) is 13.1 Å². The molecule has 0 bridgehead atoms. The number of amides is 1. The predicted octanol–water partition coefficient (Wildman–Crippen LogP) is 5.60. The molecule has 6 nitrogen and oxygen atoms in total. The van der Waals surface area contributed by atoms with Gasteiger partial charge in [0.25, 0.3) is 5.91 Å². The highest BCUT2D eigenvalue weighted by molar-refractivity contribution is 9.10. The van der Waals surface area contributed by atoms with Crippen molar-refractivity contribution >= 4 is 32.9 Å². The molecule has 0 unspecified atom stereocenters.